The first-order valence-corrected chi connectivity index (χ1v) is 10.5. The van der Waals surface area contributed by atoms with Gasteiger partial charge in [0.2, 0.25) is 5.82 Å². The molecule has 1 aromatic heterocycles. The average Bonchev–Trinajstić information content (AvgIpc) is 3.20. The smallest absolute Gasteiger partial charge is 0.295 e. The predicted octanol–water partition coefficient (Wildman–Crippen LogP) is 5.67. The number of carbonyl (C=O) groups excluding carboxylic acids is 1. The van der Waals surface area contributed by atoms with Crippen LogP contribution in [0, 0.1) is 20.8 Å². The van der Waals surface area contributed by atoms with Crippen molar-refractivity contribution in [2.45, 2.75) is 34.1 Å². The quantitative estimate of drug-likeness (QED) is 0.461. The molecule has 5 heteroatoms. The van der Waals surface area contributed by atoms with Gasteiger partial charge in [0.25, 0.3) is 5.91 Å². The van der Waals surface area contributed by atoms with Crippen LogP contribution in [0.1, 0.15) is 39.8 Å². The summed E-state index contributed by atoms with van der Waals surface area (Å²) in [5.41, 5.74) is 7.13. The lowest BCUT2D eigenvalue weighted by atomic mass is 10.1. The van der Waals surface area contributed by atoms with E-state index in [1.807, 2.05) is 68.4 Å². The van der Waals surface area contributed by atoms with Crippen molar-refractivity contribution in [1.29, 1.82) is 0 Å². The summed E-state index contributed by atoms with van der Waals surface area (Å²) in [6, 6.07) is 22.0. The molecule has 4 aromatic rings. The highest BCUT2D eigenvalue weighted by Crippen LogP contribution is 2.25. The lowest BCUT2D eigenvalue weighted by Gasteiger charge is -2.10. The largest absolute Gasteiger partial charge is 0.319 e. The van der Waals surface area contributed by atoms with Crippen molar-refractivity contribution in [2.24, 2.45) is 0 Å². The van der Waals surface area contributed by atoms with E-state index in [0.29, 0.717) is 5.82 Å². The van der Waals surface area contributed by atoms with Gasteiger partial charge in [-0.05, 0) is 62.6 Å². The van der Waals surface area contributed by atoms with Crippen molar-refractivity contribution in [1.82, 2.24) is 14.8 Å². The second-order valence-corrected chi connectivity index (χ2v) is 7.83. The first-order chi connectivity index (χ1) is 14.9. The van der Waals surface area contributed by atoms with Crippen LogP contribution in [0.25, 0.3) is 17.1 Å². The Morgan fingerprint density at radius 2 is 1.68 bits per heavy atom. The molecule has 0 saturated heterocycles. The second kappa shape index (κ2) is 8.56. The lowest BCUT2D eigenvalue weighted by Crippen LogP contribution is -2.14. The molecular formula is C26H26N4O. The fourth-order valence-corrected chi connectivity index (χ4v) is 3.60. The van der Waals surface area contributed by atoms with Crippen LogP contribution in [0.5, 0.6) is 0 Å². The van der Waals surface area contributed by atoms with E-state index in [2.05, 4.69) is 41.4 Å². The van der Waals surface area contributed by atoms with Gasteiger partial charge in [-0.3, -0.25) is 4.79 Å². The molecule has 0 radical (unpaired) electrons. The van der Waals surface area contributed by atoms with Crippen molar-refractivity contribution in [2.75, 3.05) is 5.32 Å². The molecule has 0 saturated carbocycles. The van der Waals surface area contributed by atoms with E-state index in [1.54, 1.807) is 4.68 Å². The SMILES string of the molecule is CCc1ccc(NC(=O)c2nc(-c3cccc(C)c3)n(-c3ccc(C)cc3C)n2)cc1. The first-order valence-electron chi connectivity index (χ1n) is 10.5. The Morgan fingerprint density at radius 3 is 2.35 bits per heavy atom. The van der Waals surface area contributed by atoms with Crippen molar-refractivity contribution < 1.29 is 4.79 Å². The Balaban J connectivity index is 1.76. The Bertz CT molecular complexity index is 1240. The van der Waals surface area contributed by atoms with Gasteiger partial charge >= 0.3 is 0 Å². The van der Waals surface area contributed by atoms with Crippen LogP contribution in [0.15, 0.2) is 66.7 Å². The van der Waals surface area contributed by atoms with E-state index in [9.17, 15) is 4.79 Å². The number of aryl methyl sites for hydroxylation is 4. The minimum Gasteiger partial charge on any atom is -0.319 e. The topological polar surface area (TPSA) is 59.8 Å². The highest BCUT2D eigenvalue weighted by molar-refractivity contribution is 6.01. The predicted molar refractivity (Wildman–Crippen MR) is 125 cm³/mol. The van der Waals surface area contributed by atoms with Crippen LogP contribution in [-0.4, -0.2) is 20.7 Å². The highest BCUT2D eigenvalue weighted by atomic mass is 16.2. The Hall–Kier alpha value is -3.73. The number of rotatable bonds is 5. The van der Waals surface area contributed by atoms with E-state index in [0.717, 1.165) is 34.5 Å². The third-order valence-corrected chi connectivity index (χ3v) is 5.29. The van der Waals surface area contributed by atoms with Gasteiger partial charge in [-0.2, -0.15) is 0 Å². The summed E-state index contributed by atoms with van der Waals surface area (Å²) in [6.45, 7) is 8.24. The van der Waals surface area contributed by atoms with Gasteiger partial charge in [-0.25, -0.2) is 9.67 Å². The lowest BCUT2D eigenvalue weighted by molar-refractivity contribution is 0.101. The molecule has 4 rings (SSSR count). The van der Waals surface area contributed by atoms with Crippen molar-refractivity contribution >= 4 is 11.6 Å². The molecule has 0 spiro atoms. The number of hydrogen-bond donors (Lipinski definition) is 1. The van der Waals surface area contributed by atoms with Gasteiger partial charge in [0.05, 0.1) is 5.69 Å². The number of carbonyl (C=O) groups is 1. The zero-order valence-electron chi connectivity index (χ0n) is 18.3. The van der Waals surface area contributed by atoms with Gasteiger partial charge in [-0.15, -0.1) is 5.10 Å². The van der Waals surface area contributed by atoms with E-state index in [4.69, 9.17) is 0 Å². The molecule has 0 bridgehead atoms. The molecule has 0 aliphatic heterocycles. The Labute approximate surface area is 182 Å². The molecule has 5 nitrogen and oxygen atoms in total. The molecule has 1 heterocycles. The summed E-state index contributed by atoms with van der Waals surface area (Å²) in [6.07, 6.45) is 0.954. The molecule has 1 amide bonds. The summed E-state index contributed by atoms with van der Waals surface area (Å²) in [5.74, 6) is 0.444. The minimum atomic E-state index is -0.332. The zero-order chi connectivity index (χ0) is 22.0. The highest BCUT2D eigenvalue weighted by Gasteiger charge is 2.20. The summed E-state index contributed by atoms with van der Waals surface area (Å²) in [7, 11) is 0. The Morgan fingerprint density at radius 1 is 0.935 bits per heavy atom. The molecule has 31 heavy (non-hydrogen) atoms. The van der Waals surface area contributed by atoms with Crippen LogP contribution >= 0.6 is 0 Å². The van der Waals surface area contributed by atoms with E-state index in [-0.39, 0.29) is 11.7 Å². The number of amides is 1. The zero-order valence-corrected chi connectivity index (χ0v) is 18.3. The maximum atomic E-state index is 13.0. The van der Waals surface area contributed by atoms with Crippen LogP contribution < -0.4 is 5.32 Å². The van der Waals surface area contributed by atoms with Crippen LogP contribution in [-0.2, 0) is 6.42 Å². The third-order valence-electron chi connectivity index (χ3n) is 5.29. The van der Waals surface area contributed by atoms with Crippen LogP contribution in [0.2, 0.25) is 0 Å². The van der Waals surface area contributed by atoms with E-state index >= 15 is 0 Å². The van der Waals surface area contributed by atoms with Gasteiger partial charge in [0.15, 0.2) is 5.82 Å². The van der Waals surface area contributed by atoms with Crippen molar-refractivity contribution in [3.05, 3.63) is 94.8 Å². The van der Waals surface area contributed by atoms with Crippen molar-refractivity contribution in [3.8, 4) is 17.1 Å². The molecule has 0 unspecified atom stereocenters. The average molecular weight is 411 g/mol. The minimum absolute atomic E-state index is 0.135. The second-order valence-electron chi connectivity index (χ2n) is 7.83. The van der Waals surface area contributed by atoms with Gasteiger partial charge in [0.1, 0.15) is 0 Å². The van der Waals surface area contributed by atoms with Gasteiger partial charge in [-0.1, -0.05) is 60.5 Å². The van der Waals surface area contributed by atoms with Gasteiger partial charge in [0, 0.05) is 11.3 Å². The fraction of sp³-hybridized carbons (Fsp3) is 0.192. The molecule has 0 aliphatic rings. The third kappa shape index (κ3) is 4.40. The molecular weight excluding hydrogens is 384 g/mol. The number of anilines is 1. The monoisotopic (exact) mass is 410 g/mol. The number of nitrogens with zero attached hydrogens (tertiary/aromatic N) is 3. The summed E-state index contributed by atoms with van der Waals surface area (Å²) in [5, 5.41) is 7.51. The number of hydrogen-bond acceptors (Lipinski definition) is 3. The van der Waals surface area contributed by atoms with Gasteiger partial charge < -0.3 is 5.32 Å². The molecule has 0 atom stereocenters. The van der Waals surface area contributed by atoms with E-state index in [1.165, 1.54) is 11.1 Å². The van der Waals surface area contributed by atoms with Crippen LogP contribution in [0.4, 0.5) is 5.69 Å². The maximum Gasteiger partial charge on any atom is 0.295 e. The first kappa shape index (κ1) is 20.5. The van der Waals surface area contributed by atoms with Crippen LogP contribution in [0.3, 0.4) is 0 Å². The summed E-state index contributed by atoms with van der Waals surface area (Å²) >= 11 is 0. The fourth-order valence-electron chi connectivity index (χ4n) is 3.60. The number of benzene rings is 3. The Kier molecular flexibility index (Phi) is 5.67. The normalized spacial score (nSPS) is 10.8. The standard InChI is InChI=1S/C26H26N4O/c1-5-20-10-12-22(13-11-20)27-26(31)24-28-25(21-8-6-7-17(2)16-21)30(29-24)23-14-9-18(3)15-19(23)4/h6-16H,5H2,1-4H3,(H,27,31). The molecule has 0 aliphatic carbocycles. The number of aromatic nitrogens is 3. The van der Waals surface area contributed by atoms with Crippen molar-refractivity contribution in [3.63, 3.8) is 0 Å². The number of nitrogens with one attached hydrogen (secondary N) is 1. The summed E-state index contributed by atoms with van der Waals surface area (Å²) < 4.78 is 1.76. The molecule has 1 N–H and O–H groups in total. The molecule has 3 aromatic carbocycles. The maximum absolute atomic E-state index is 13.0. The van der Waals surface area contributed by atoms with E-state index < -0.39 is 0 Å². The molecule has 0 fully saturated rings. The molecule has 156 valence electrons. The summed E-state index contributed by atoms with van der Waals surface area (Å²) in [4.78, 5) is 17.6.